The van der Waals surface area contributed by atoms with Gasteiger partial charge >= 0.3 is 5.97 Å². The van der Waals surface area contributed by atoms with Crippen molar-refractivity contribution in [1.82, 2.24) is 0 Å². The average molecular weight is 339 g/mol. The van der Waals surface area contributed by atoms with E-state index in [0.29, 0.717) is 18.1 Å². The van der Waals surface area contributed by atoms with Gasteiger partial charge in [0.25, 0.3) is 0 Å². The summed E-state index contributed by atoms with van der Waals surface area (Å²) in [7, 11) is 0. The van der Waals surface area contributed by atoms with Gasteiger partial charge in [0.15, 0.2) is 0 Å². The predicted molar refractivity (Wildman–Crippen MR) is 108 cm³/mol. The third-order valence-corrected chi connectivity index (χ3v) is 3.30. The highest BCUT2D eigenvalue weighted by molar-refractivity contribution is 5.98. The highest BCUT2D eigenvalue weighted by atomic mass is 16.4. The molecule has 1 rings (SSSR count). The van der Waals surface area contributed by atoms with Crippen LogP contribution in [0.15, 0.2) is 67.3 Å². The van der Waals surface area contributed by atoms with Crippen LogP contribution in [0.4, 0.5) is 0 Å². The van der Waals surface area contributed by atoms with Crippen molar-refractivity contribution in [2.75, 3.05) is 0 Å². The smallest absolute Gasteiger partial charge is 0.328 e. The minimum absolute atomic E-state index is 0.488. The molecule has 0 aromatic heterocycles. The van der Waals surface area contributed by atoms with Crippen molar-refractivity contribution in [3.8, 4) is 0 Å². The van der Waals surface area contributed by atoms with Crippen LogP contribution in [-0.2, 0) is 4.79 Å². The highest BCUT2D eigenvalue weighted by Crippen LogP contribution is 2.08. The van der Waals surface area contributed by atoms with Gasteiger partial charge in [-0.05, 0) is 36.0 Å². The van der Waals surface area contributed by atoms with E-state index in [-0.39, 0.29) is 0 Å². The van der Waals surface area contributed by atoms with Crippen LogP contribution < -0.4 is 0 Å². The molecule has 0 heterocycles. The van der Waals surface area contributed by atoms with Gasteiger partial charge in [-0.2, -0.15) is 0 Å². The summed E-state index contributed by atoms with van der Waals surface area (Å²) >= 11 is 0. The fraction of sp³-hybridized carbons (Fsp3) is 0.273. The van der Waals surface area contributed by atoms with Crippen molar-refractivity contribution < 1.29 is 9.90 Å². The Kier molecular flexibility index (Phi) is 12.3. The Morgan fingerprint density at radius 1 is 1.24 bits per heavy atom. The summed E-state index contributed by atoms with van der Waals surface area (Å²) in [5.74, 6) is -0.470. The van der Waals surface area contributed by atoms with Crippen LogP contribution in [0.5, 0.6) is 0 Å². The molecule has 2 N–H and O–H groups in total. The molecule has 1 aromatic carbocycles. The van der Waals surface area contributed by atoms with Crippen LogP contribution in [0.1, 0.15) is 44.7 Å². The molecule has 0 bridgehead atoms. The number of hydrogen-bond donors (Lipinski definition) is 2. The maximum Gasteiger partial charge on any atom is 0.328 e. The second-order valence-electron chi connectivity index (χ2n) is 5.44. The molecule has 134 valence electrons. The topological polar surface area (TPSA) is 61.2 Å². The molecule has 0 aliphatic heterocycles. The predicted octanol–water partition coefficient (Wildman–Crippen LogP) is 5.89. The molecule has 1 unspecified atom stereocenters. The van der Waals surface area contributed by atoms with Gasteiger partial charge in [-0.1, -0.05) is 75.4 Å². The van der Waals surface area contributed by atoms with Crippen molar-refractivity contribution in [2.24, 2.45) is 5.92 Å². The van der Waals surface area contributed by atoms with E-state index in [1.165, 1.54) is 6.08 Å². The second-order valence-corrected chi connectivity index (χ2v) is 5.44. The van der Waals surface area contributed by atoms with E-state index in [2.05, 4.69) is 44.7 Å². The van der Waals surface area contributed by atoms with E-state index in [1.54, 1.807) is 12.1 Å². The molecule has 0 spiro atoms. The maximum absolute atomic E-state index is 10.3. The fourth-order valence-electron chi connectivity index (χ4n) is 1.70. The Hall–Kier alpha value is -2.68. The third kappa shape index (κ3) is 11.5. The zero-order valence-corrected chi connectivity index (χ0v) is 15.4. The fourth-order valence-corrected chi connectivity index (χ4v) is 1.70. The van der Waals surface area contributed by atoms with Crippen LogP contribution in [0, 0.1) is 11.3 Å². The number of hydrogen-bond acceptors (Lipinski definition) is 2. The normalized spacial score (nSPS) is 12.1. The number of carbonyl (C=O) groups is 1. The molecule has 3 nitrogen and oxygen atoms in total. The van der Waals surface area contributed by atoms with Gasteiger partial charge in [0.05, 0.1) is 0 Å². The highest BCUT2D eigenvalue weighted by Gasteiger charge is 1.97. The lowest BCUT2D eigenvalue weighted by Crippen LogP contribution is -1.95. The molecular weight excluding hydrogens is 310 g/mol. The zero-order valence-electron chi connectivity index (χ0n) is 15.4. The summed E-state index contributed by atoms with van der Waals surface area (Å²) in [5.41, 5.74) is 2.29. The van der Waals surface area contributed by atoms with Crippen LogP contribution in [0.25, 0.3) is 6.08 Å². The Labute approximate surface area is 151 Å². The van der Waals surface area contributed by atoms with E-state index < -0.39 is 5.97 Å². The monoisotopic (exact) mass is 339 g/mol. The van der Waals surface area contributed by atoms with Crippen LogP contribution >= 0.6 is 0 Å². The number of nitrogens with one attached hydrogen (secondary N) is 1. The molecule has 0 aliphatic rings. The third-order valence-electron chi connectivity index (χ3n) is 3.30. The minimum Gasteiger partial charge on any atom is -0.478 e. The van der Waals surface area contributed by atoms with Gasteiger partial charge in [0.2, 0.25) is 0 Å². The van der Waals surface area contributed by atoms with Gasteiger partial charge in [0, 0.05) is 11.8 Å². The number of aliphatic carboxylic acids is 1. The first-order valence-corrected chi connectivity index (χ1v) is 8.49. The van der Waals surface area contributed by atoms with Crippen molar-refractivity contribution in [2.45, 2.75) is 33.6 Å². The molecular formula is C22H29NO2. The first-order valence-electron chi connectivity index (χ1n) is 8.49. The summed E-state index contributed by atoms with van der Waals surface area (Å²) < 4.78 is 0. The lowest BCUT2D eigenvalue weighted by Gasteiger charge is -2.00. The molecule has 0 saturated carbocycles. The zero-order chi connectivity index (χ0) is 19.1. The quantitative estimate of drug-likeness (QED) is 0.268. The van der Waals surface area contributed by atoms with Crippen LogP contribution in [-0.4, -0.2) is 16.8 Å². The first-order chi connectivity index (χ1) is 11.9. The first kappa shape index (κ1) is 22.3. The average Bonchev–Trinajstić information content (AvgIpc) is 2.63. The molecule has 0 radical (unpaired) electrons. The van der Waals surface area contributed by atoms with Crippen molar-refractivity contribution in [1.29, 1.82) is 5.41 Å². The number of allylic oxidation sites excluding steroid dienone is 5. The van der Waals surface area contributed by atoms with Gasteiger partial charge in [-0.15, -0.1) is 6.58 Å². The number of carboxylic acids is 1. The molecule has 0 fully saturated rings. The standard InChI is InChI=1S/C12H13NO2.C10H16/c1-2-11(13)10-6-3-9(4-7-10)5-8-12(14)15;1-4-6-7-8-9-10(3)5-2/h3-8,13H,2H2,1H3,(H,14,15);5-10H,2,4H2,1,3H3/b8-5+,13-11?;7-6-,9-8-. The molecule has 3 heteroatoms. The molecule has 0 saturated heterocycles. The van der Waals surface area contributed by atoms with Gasteiger partial charge in [-0.25, -0.2) is 4.79 Å². The molecule has 0 amide bonds. The Bertz CT molecular complexity index is 622. The number of benzene rings is 1. The van der Waals surface area contributed by atoms with Crippen molar-refractivity contribution >= 4 is 17.8 Å². The van der Waals surface area contributed by atoms with Crippen LogP contribution in [0.3, 0.4) is 0 Å². The summed E-state index contributed by atoms with van der Waals surface area (Å²) in [6, 6.07) is 7.26. The van der Waals surface area contributed by atoms with Gasteiger partial charge < -0.3 is 10.5 Å². The van der Waals surface area contributed by atoms with Crippen molar-refractivity contribution in [3.05, 3.63) is 78.4 Å². The van der Waals surface area contributed by atoms with E-state index in [1.807, 2.05) is 25.1 Å². The lowest BCUT2D eigenvalue weighted by atomic mass is 10.1. The second kappa shape index (κ2) is 13.7. The number of rotatable bonds is 8. The molecule has 1 aromatic rings. The van der Waals surface area contributed by atoms with E-state index in [0.717, 1.165) is 23.6 Å². The molecule has 1 atom stereocenters. The van der Waals surface area contributed by atoms with Gasteiger partial charge in [0.1, 0.15) is 0 Å². The van der Waals surface area contributed by atoms with E-state index in [9.17, 15) is 4.79 Å². The minimum atomic E-state index is -0.958. The lowest BCUT2D eigenvalue weighted by molar-refractivity contribution is -0.131. The number of carboxylic acid groups (broad SMARTS) is 1. The summed E-state index contributed by atoms with van der Waals surface area (Å²) in [5, 5.41) is 16.0. The summed E-state index contributed by atoms with van der Waals surface area (Å²) in [4.78, 5) is 10.3. The Balaban J connectivity index is 0.000000504. The Morgan fingerprint density at radius 3 is 2.36 bits per heavy atom. The maximum atomic E-state index is 10.3. The molecule has 25 heavy (non-hydrogen) atoms. The summed E-state index contributed by atoms with van der Waals surface area (Å²) in [6.07, 6.45) is 14.7. The van der Waals surface area contributed by atoms with E-state index >= 15 is 0 Å². The van der Waals surface area contributed by atoms with E-state index in [4.69, 9.17) is 10.5 Å². The SMILES string of the molecule is C=CC(C)/C=C\C=C/CC.CCC(=N)c1ccc(/C=C/C(=O)O)cc1. The molecule has 0 aliphatic carbocycles. The largest absolute Gasteiger partial charge is 0.478 e. The van der Waals surface area contributed by atoms with Crippen molar-refractivity contribution in [3.63, 3.8) is 0 Å². The van der Waals surface area contributed by atoms with Crippen LogP contribution in [0.2, 0.25) is 0 Å². The van der Waals surface area contributed by atoms with Gasteiger partial charge in [-0.3, -0.25) is 0 Å². The Morgan fingerprint density at radius 2 is 1.88 bits per heavy atom. The summed E-state index contributed by atoms with van der Waals surface area (Å²) in [6.45, 7) is 9.86.